The van der Waals surface area contributed by atoms with E-state index in [1.165, 1.54) is 32.7 Å². The molecule has 3 heteroatoms. The van der Waals surface area contributed by atoms with Crippen molar-refractivity contribution in [2.24, 2.45) is 0 Å². The molecular formula is C9H22N2O. The molecule has 1 fully saturated rings. The molecule has 12 heavy (non-hydrogen) atoms. The maximum absolute atomic E-state index is 2.55. The van der Waals surface area contributed by atoms with E-state index in [4.69, 9.17) is 0 Å². The van der Waals surface area contributed by atoms with Crippen molar-refractivity contribution in [2.45, 2.75) is 26.8 Å². The summed E-state index contributed by atoms with van der Waals surface area (Å²) in [5, 5.41) is 0. The lowest BCUT2D eigenvalue weighted by Crippen LogP contribution is -2.48. The molecule has 0 unspecified atom stereocenters. The van der Waals surface area contributed by atoms with Gasteiger partial charge < -0.3 is 10.4 Å². The predicted octanol–water partition coefficient (Wildman–Crippen LogP) is 0.208. The van der Waals surface area contributed by atoms with Crippen molar-refractivity contribution in [2.75, 3.05) is 32.7 Å². The summed E-state index contributed by atoms with van der Waals surface area (Å²) < 4.78 is 0. The Balaban J connectivity index is 0.00000121. The van der Waals surface area contributed by atoms with Crippen LogP contribution in [0.15, 0.2) is 0 Å². The van der Waals surface area contributed by atoms with Gasteiger partial charge in [-0.15, -0.1) is 0 Å². The Hall–Kier alpha value is -0.120. The van der Waals surface area contributed by atoms with Gasteiger partial charge in [0.05, 0.1) is 0 Å². The highest BCUT2D eigenvalue weighted by Gasteiger charge is 2.16. The van der Waals surface area contributed by atoms with E-state index < -0.39 is 0 Å². The molecule has 0 radical (unpaired) electrons. The van der Waals surface area contributed by atoms with Crippen LogP contribution in [0.1, 0.15) is 20.8 Å². The summed E-state index contributed by atoms with van der Waals surface area (Å²) in [5.74, 6) is 0. The van der Waals surface area contributed by atoms with Crippen LogP contribution in [0.2, 0.25) is 0 Å². The number of hydrogen-bond acceptors (Lipinski definition) is 2. The minimum atomic E-state index is 0. The van der Waals surface area contributed by atoms with Crippen LogP contribution in [-0.2, 0) is 0 Å². The molecule has 3 nitrogen and oxygen atoms in total. The van der Waals surface area contributed by atoms with Gasteiger partial charge in [0.15, 0.2) is 0 Å². The zero-order chi connectivity index (χ0) is 8.27. The molecule has 0 spiro atoms. The Morgan fingerprint density at radius 1 is 1.08 bits per heavy atom. The van der Waals surface area contributed by atoms with Crippen LogP contribution < -0.4 is 0 Å². The zero-order valence-electron chi connectivity index (χ0n) is 8.51. The first-order valence-electron chi connectivity index (χ1n) is 4.70. The molecule has 2 N–H and O–H groups in total. The lowest BCUT2D eigenvalue weighted by Gasteiger charge is -2.36. The molecule has 1 aliphatic heterocycles. The molecule has 1 heterocycles. The number of likely N-dealkylation sites (N-methyl/N-ethyl adjacent to an activating group) is 1. The fraction of sp³-hybridized carbons (Fsp3) is 1.00. The largest absolute Gasteiger partial charge is 0.412 e. The van der Waals surface area contributed by atoms with E-state index in [1.807, 2.05) is 0 Å². The van der Waals surface area contributed by atoms with E-state index in [0.29, 0.717) is 0 Å². The number of nitrogens with zero attached hydrogens (tertiary/aromatic N) is 2. The van der Waals surface area contributed by atoms with E-state index in [1.54, 1.807) is 0 Å². The average molecular weight is 174 g/mol. The second kappa shape index (κ2) is 5.51. The van der Waals surface area contributed by atoms with Gasteiger partial charge >= 0.3 is 0 Å². The second-order valence-electron chi connectivity index (χ2n) is 3.56. The third-order valence-corrected chi connectivity index (χ3v) is 2.58. The number of piperazine rings is 1. The fourth-order valence-corrected chi connectivity index (χ4v) is 1.60. The SMILES string of the molecule is CCN1CCN(C(C)C)CC1.O. The topological polar surface area (TPSA) is 38.0 Å². The van der Waals surface area contributed by atoms with Crippen molar-refractivity contribution in [3.8, 4) is 0 Å². The molecule has 74 valence electrons. The maximum Gasteiger partial charge on any atom is 0.0113 e. The summed E-state index contributed by atoms with van der Waals surface area (Å²) in [7, 11) is 0. The third kappa shape index (κ3) is 3.09. The Labute approximate surface area is 75.7 Å². The minimum absolute atomic E-state index is 0. The van der Waals surface area contributed by atoms with Gasteiger partial charge in [-0.3, -0.25) is 4.90 Å². The quantitative estimate of drug-likeness (QED) is 0.600. The molecule has 0 atom stereocenters. The van der Waals surface area contributed by atoms with Crippen molar-refractivity contribution >= 4 is 0 Å². The summed E-state index contributed by atoms with van der Waals surface area (Å²) in [4.78, 5) is 5.06. The normalized spacial score (nSPS) is 21.0. The average Bonchev–Trinajstić information content (AvgIpc) is 2.05. The summed E-state index contributed by atoms with van der Waals surface area (Å²) in [5.41, 5.74) is 0. The number of hydrogen-bond donors (Lipinski definition) is 0. The molecule has 0 bridgehead atoms. The first-order valence-corrected chi connectivity index (χ1v) is 4.70. The maximum atomic E-state index is 2.55. The van der Waals surface area contributed by atoms with Gasteiger partial charge in [0.25, 0.3) is 0 Å². The van der Waals surface area contributed by atoms with Gasteiger partial charge in [0.2, 0.25) is 0 Å². The molecular weight excluding hydrogens is 152 g/mol. The van der Waals surface area contributed by atoms with E-state index >= 15 is 0 Å². The molecule has 1 saturated heterocycles. The van der Waals surface area contributed by atoms with Gasteiger partial charge in [-0.2, -0.15) is 0 Å². The highest BCUT2D eigenvalue weighted by molar-refractivity contribution is 4.72. The van der Waals surface area contributed by atoms with Crippen LogP contribution in [0.4, 0.5) is 0 Å². The smallest absolute Gasteiger partial charge is 0.0113 e. The Bertz CT molecular complexity index is 109. The molecule has 0 aromatic carbocycles. The molecule has 0 saturated carbocycles. The van der Waals surface area contributed by atoms with Crippen LogP contribution in [0.5, 0.6) is 0 Å². The van der Waals surface area contributed by atoms with E-state index in [2.05, 4.69) is 30.6 Å². The van der Waals surface area contributed by atoms with E-state index in [-0.39, 0.29) is 5.48 Å². The predicted molar refractivity (Wildman–Crippen MR) is 52.4 cm³/mol. The van der Waals surface area contributed by atoms with Crippen molar-refractivity contribution in [3.05, 3.63) is 0 Å². The van der Waals surface area contributed by atoms with Crippen molar-refractivity contribution in [1.29, 1.82) is 0 Å². The Kier molecular flexibility index (Phi) is 5.46. The summed E-state index contributed by atoms with van der Waals surface area (Å²) in [6.07, 6.45) is 0. The van der Waals surface area contributed by atoms with Crippen molar-refractivity contribution < 1.29 is 5.48 Å². The van der Waals surface area contributed by atoms with Gasteiger partial charge in [-0.25, -0.2) is 0 Å². The monoisotopic (exact) mass is 174 g/mol. The minimum Gasteiger partial charge on any atom is -0.412 e. The standard InChI is InChI=1S/C9H20N2.H2O/c1-4-10-5-7-11(8-6-10)9(2)3;/h9H,4-8H2,1-3H3;1H2. The van der Waals surface area contributed by atoms with Crippen molar-refractivity contribution in [3.63, 3.8) is 0 Å². The van der Waals surface area contributed by atoms with Crippen LogP contribution in [-0.4, -0.2) is 54.0 Å². The summed E-state index contributed by atoms with van der Waals surface area (Å²) in [6, 6.07) is 0.731. The van der Waals surface area contributed by atoms with Crippen LogP contribution in [0.25, 0.3) is 0 Å². The highest BCUT2D eigenvalue weighted by Crippen LogP contribution is 2.04. The fourth-order valence-electron chi connectivity index (χ4n) is 1.60. The third-order valence-electron chi connectivity index (χ3n) is 2.58. The Morgan fingerprint density at radius 2 is 1.58 bits per heavy atom. The number of rotatable bonds is 2. The van der Waals surface area contributed by atoms with E-state index in [9.17, 15) is 0 Å². The zero-order valence-corrected chi connectivity index (χ0v) is 8.51. The lowest BCUT2D eigenvalue weighted by atomic mass is 10.2. The first-order chi connectivity index (χ1) is 5.24. The lowest BCUT2D eigenvalue weighted by molar-refractivity contribution is 0.112. The molecule has 0 aromatic rings. The van der Waals surface area contributed by atoms with Gasteiger partial charge in [-0.1, -0.05) is 6.92 Å². The van der Waals surface area contributed by atoms with Crippen LogP contribution in [0, 0.1) is 0 Å². The Morgan fingerprint density at radius 3 is 1.92 bits per heavy atom. The summed E-state index contributed by atoms with van der Waals surface area (Å²) in [6.45, 7) is 13.0. The van der Waals surface area contributed by atoms with Gasteiger partial charge in [0.1, 0.15) is 0 Å². The first kappa shape index (κ1) is 11.9. The highest BCUT2D eigenvalue weighted by atomic mass is 16.0. The van der Waals surface area contributed by atoms with Gasteiger partial charge in [0, 0.05) is 32.2 Å². The van der Waals surface area contributed by atoms with Crippen LogP contribution >= 0.6 is 0 Å². The van der Waals surface area contributed by atoms with Crippen LogP contribution in [0.3, 0.4) is 0 Å². The molecule has 0 amide bonds. The molecule has 0 aromatic heterocycles. The summed E-state index contributed by atoms with van der Waals surface area (Å²) >= 11 is 0. The molecule has 0 aliphatic carbocycles. The van der Waals surface area contributed by atoms with Crippen molar-refractivity contribution in [1.82, 2.24) is 9.80 Å². The van der Waals surface area contributed by atoms with Gasteiger partial charge in [-0.05, 0) is 20.4 Å². The molecule has 1 aliphatic rings. The molecule has 1 rings (SSSR count). The second-order valence-corrected chi connectivity index (χ2v) is 3.56. The van der Waals surface area contributed by atoms with E-state index in [0.717, 1.165) is 6.04 Å².